The molecule has 1 fully saturated rings. The first-order chi connectivity index (χ1) is 16.8. The maximum atomic E-state index is 13.1. The van der Waals surface area contributed by atoms with Gasteiger partial charge in [-0.1, -0.05) is 59.1 Å². The number of carbonyl (C=O) groups is 2. The number of hydrogen-bond donors (Lipinski definition) is 2. The summed E-state index contributed by atoms with van der Waals surface area (Å²) >= 11 is 18.4. The summed E-state index contributed by atoms with van der Waals surface area (Å²) in [4.78, 5) is 32.0. The summed E-state index contributed by atoms with van der Waals surface area (Å²) in [6.07, 6.45) is 1.31. The van der Waals surface area contributed by atoms with Gasteiger partial charge in [0.25, 0.3) is 5.91 Å². The van der Waals surface area contributed by atoms with E-state index in [-0.39, 0.29) is 27.8 Å². The lowest BCUT2D eigenvalue weighted by atomic mass is 9.97. The molecule has 2 heterocycles. The summed E-state index contributed by atoms with van der Waals surface area (Å²) in [5.41, 5.74) is 1.69. The Morgan fingerprint density at radius 1 is 0.971 bits per heavy atom. The number of anilines is 1. The van der Waals surface area contributed by atoms with Gasteiger partial charge in [0, 0.05) is 52.4 Å². The van der Waals surface area contributed by atoms with Crippen molar-refractivity contribution in [2.45, 2.75) is 6.42 Å². The van der Waals surface area contributed by atoms with Crippen molar-refractivity contribution in [3.8, 4) is 0 Å². The van der Waals surface area contributed by atoms with E-state index in [1.807, 2.05) is 4.90 Å². The van der Waals surface area contributed by atoms with E-state index in [1.54, 1.807) is 36.4 Å². The number of halogens is 3. The zero-order chi connectivity index (χ0) is 24.9. The Balaban J connectivity index is 1.52. The SMILES string of the molecule is N=C(c1ccc(C(=O)Cc2c(Cl)cc(Cl)cc2C(=O)Nc2ccc(Cl)cn2)cc1)N1CCOCC1. The molecular weight excluding hydrogens is 511 g/mol. The van der Waals surface area contributed by atoms with Crippen LogP contribution in [0.4, 0.5) is 5.82 Å². The van der Waals surface area contributed by atoms with Gasteiger partial charge in [0.2, 0.25) is 0 Å². The number of ether oxygens (including phenoxy) is 1. The van der Waals surface area contributed by atoms with Crippen molar-refractivity contribution in [2.24, 2.45) is 0 Å². The number of Topliss-reactive ketones (excluding diaryl/α,β-unsaturated/α-hetero) is 1. The molecule has 0 radical (unpaired) electrons. The number of nitrogens with zero attached hydrogens (tertiary/aromatic N) is 2. The van der Waals surface area contributed by atoms with Crippen LogP contribution in [0.15, 0.2) is 54.7 Å². The highest BCUT2D eigenvalue weighted by molar-refractivity contribution is 6.36. The van der Waals surface area contributed by atoms with Crippen LogP contribution in [0.2, 0.25) is 15.1 Å². The van der Waals surface area contributed by atoms with Crippen LogP contribution in [-0.4, -0.2) is 53.7 Å². The molecule has 0 aliphatic carbocycles. The molecule has 2 N–H and O–H groups in total. The van der Waals surface area contributed by atoms with Crippen molar-refractivity contribution in [1.29, 1.82) is 5.41 Å². The smallest absolute Gasteiger partial charge is 0.257 e. The van der Waals surface area contributed by atoms with Gasteiger partial charge in [-0.15, -0.1) is 0 Å². The fourth-order valence-electron chi connectivity index (χ4n) is 3.67. The van der Waals surface area contributed by atoms with Crippen molar-refractivity contribution in [1.82, 2.24) is 9.88 Å². The minimum atomic E-state index is -0.499. The third-order valence-corrected chi connectivity index (χ3v) is 6.30. The van der Waals surface area contributed by atoms with Crippen molar-refractivity contribution >= 4 is 58.1 Å². The Morgan fingerprint density at radius 2 is 1.66 bits per heavy atom. The highest BCUT2D eigenvalue weighted by Gasteiger charge is 2.21. The molecule has 180 valence electrons. The van der Waals surface area contributed by atoms with Crippen LogP contribution in [0, 0.1) is 5.41 Å². The summed E-state index contributed by atoms with van der Waals surface area (Å²) in [5.74, 6) is -0.0347. The third-order valence-electron chi connectivity index (χ3n) is 5.52. The number of pyridine rings is 1. The van der Waals surface area contributed by atoms with Gasteiger partial charge in [0.1, 0.15) is 11.7 Å². The maximum Gasteiger partial charge on any atom is 0.257 e. The normalized spacial score (nSPS) is 13.4. The molecule has 0 atom stereocenters. The van der Waals surface area contributed by atoms with Crippen LogP contribution < -0.4 is 5.32 Å². The van der Waals surface area contributed by atoms with E-state index in [4.69, 9.17) is 44.9 Å². The van der Waals surface area contributed by atoms with E-state index in [0.717, 1.165) is 0 Å². The number of morpholine rings is 1. The predicted octanol–water partition coefficient (Wildman–Crippen LogP) is 5.38. The van der Waals surface area contributed by atoms with Crippen molar-refractivity contribution in [3.05, 3.63) is 92.0 Å². The number of amides is 1. The Kier molecular flexibility index (Phi) is 8.03. The van der Waals surface area contributed by atoms with Crippen LogP contribution in [-0.2, 0) is 11.2 Å². The van der Waals surface area contributed by atoms with Gasteiger partial charge in [-0.25, -0.2) is 4.98 Å². The van der Waals surface area contributed by atoms with E-state index in [0.29, 0.717) is 59.7 Å². The molecule has 0 bridgehead atoms. The summed E-state index contributed by atoms with van der Waals surface area (Å²) in [5, 5.41) is 12.0. The topological polar surface area (TPSA) is 95.4 Å². The molecule has 0 spiro atoms. The second kappa shape index (κ2) is 11.2. The summed E-state index contributed by atoms with van der Waals surface area (Å²) in [6, 6.07) is 13.0. The van der Waals surface area contributed by atoms with Crippen LogP contribution in [0.3, 0.4) is 0 Å². The first-order valence-electron chi connectivity index (χ1n) is 10.8. The lowest BCUT2D eigenvalue weighted by Crippen LogP contribution is -2.40. The molecule has 1 amide bonds. The summed E-state index contributed by atoms with van der Waals surface area (Å²) in [7, 11) is 0. The van der Waals surface area contributed by atoms with Gasteiger partial charge in [0.05, 0.1) is 18.2 Å². The lowest BCUT2D eigenvalue weighted by molar-refractivity contribution is 0.0680. The molecule has 7 nitrogen and oxygen atoms in total. The molecule has 0 unspecified atom stereocenters. The minimum Gasteiger partial charge on any atom is -0.378 e. The number of hydrogen-bond acceptors (Lipinski definition) is 5. The fraction of sp³-hybridized carbons (Fsp3) is 0.200. The molecular formula is C25H21Cl3N4O3. The first kappa shape index (κ1) is 25.1. The molecule has 3 aromatic rings. The minimum absolute atomic E-state index is 0.104. The van der Waals surface area contributed by atoms with Gasteiger partial charge in [-0.05, 0) is 29.8 Å². The number of rotatable bonds is 6. The van der Waals surface area contributed by atoms with Crippen molar-refractivity contribution in [2.75, 3.05) is 31.6 Å². The Bertz CT molecular complexity index is 1260. The zero-order valence-electron chi connectivity index (χ0n) is 18.5. The lowest BCUT2D eigenvalue weighted by Gasteiger charge is -2.29. The van der Waals surface area contributed by atoms with Crippen LogP contribution in [0.25, 0.3) is 0 Å². The number of benzene rings is 2. The average molecular weight is 532 g/mol. The number of nitrogens with one attached hydrogen (secondary N) is 2. The van der Waals surface area contributed by atoms with Gasteiger partial charge >= 0.3 is 0 Å². The molecule has 2 aromatic carbocycles. The monoisotopic (exact) mass is 530 g/mol. The van der Waals surface area contributed by atoms with E-state index < -0.39 is 5.91 Å². The Morgan fingerprint density at radius 3 is 2.31 bits per heavy atom. The quantitative estimate of drug-likeness (QED) is 0.253. The second-order valence-corrected chi connectivity index (χ2v) is 9.13. The first-order valence-corrected chi connectivity index (χ1v) is 11.9. The van der Waals surface area contributed by atoms with Gasteiger partial charge in [0.15, 0.2) is 5.78 Å². The maximum absolute atomic E-state index is 13.1. The van der Waals surface area contributed by atoms with Gasteiger partial charge in [-0.3, -0.25) is 15.0 Å². The molecule has 4 rings (SSSR count). The van der Waals surface area contributed by atoms with Crippen molar-refractivity contribution in [3.63, 3.8) is 0 Å². The number of carbonyl (C=O) groups excluding carboxylic acids is 2. The Hall–Kier alpha value is -2.97. The molecule has 35 heavy (non-hydrogen) atoms. The largest absolute Gasteiger partial charge is 0.378 e. The van der Waals surface area contributed by atoms with Crippen LogP contribution in [0.1, 0.15) is 31.8 Å². The molecule has 1 aliphatic rings. The van der Waals surface area contributed by atoms with Gasteiger partial charge in [-0.2, -0.15) is 0 Å². The van der Waals surface area contributed by atoms with E-state index in [1.165, 1.54) is 18.3 Å². The highest BCUT2D eigenvalue weighted by Crippen LogP contribution is 2.28. The van der Waals surface area contributed by atoms with E-state index in [2.05, 4.69) is 10.3 Å². The van der Waals surface area contributed by atoms with Crippen LogP contribution in [0.5, 0.6) is 0 Å². The van der Waals surface area contributed by atoms with Crippen LogP contribution >= 0.6 is 34.8 Å². The molecule has 10 heteroatoms. The predicted molar refractivity (Wildman–Crippen MR) is 137 cm³/mol. The summed E-state index contributed by atoms with van der Waals surface area (Å²) < 4.78 is 5.33. The Labute approximate surface area is 217 Å². The molecule has 1 aromatic heterocycles. The average Bonchev–Trinajstić information content (AvgIpc) is 2.87. The highest BCUT2D eigenvalue weighted by atomic mass is 35.5. The standard InChI is InChI=1S/C25H21Cl3N4O3/c26-17-5-6-23(30-14-17)31-25(34)20-11-18(27)12-21(28)19(20)13-22(33)15-1-3-16(4-2-15)24(29)32-7-9-35-10-8-32/h1-6,11-12,14,29H,7-10,13H2,(H,30,31,34). The summed E-state index contributed by atoms with van der Waals surface area (Å²) in [6.45, 7) is 2.49. The zero-order valence-corrected chi connectivity index (χ0v) is 20.8. The second-order valence-electron chi connectivity index (χ2n) is 7.85. The number of aromatic nitrogens is 1. The molecule has 0 saturated carbocycles. The number of amidine groups is 1. The van der Waals surface area contributed by atoms with Crippen molar-refractivity contribution < 1.29 is 14.3 Å². The molecule has 1 aliphatic heterocycles. The van der Waals surface area contributed by atoms with Gasteiger partial charge < -0.3 is 15.0 Å². The third kappa shape index (κ3) is 6.18. The van der Waals surface area contributed by atoms with E-state index in [9.17, 15) is 9.59 Å². The molecule has 1 saturated heterocycles. The van der Waals surface area contributed by atoms with E-state index >= 15 is 0 Å². The fourth-order valence-corrected chi connectivity index (χ4v) is 4.34. The number of ketones is 1.